The van der Waals surface area contributed by atoms with Crippen LogP contribution >= 0.6 is 0 Å². The Morgan fingerprint density at radius 1 is 1.29 bits per heavy atom. The van der Waals surface area contributed by atoms with E-state index in [9.17, 15) is 32.1 Å². The van der Waals surface area contributed by atoms with E-state index in [1.807, 2.05) is 0 Å². The number of pyridine rings is 2. The molecular weight excluding hydrogens is 443 g/mol. The molecule has 1 aliphatic heterocycles. The minimum Gasteiger partial charge on any atom is -0.731 e. The molecule has 14 heteroatoms. The zero-order valence-electron chi connectivity index (χ0n) is 17.1. The first-order valence-corrected chi connectivity index (χ1v) is 10.1. The number of rotatable bonds is 5. The van der Waals surface area contributed by atoms with Gasteiger partial charge in [0, 0.05) is 18.4 Å². The molecule has 0 aliphatic carbocycles. The van der Waals surface area contributed by atoms with Gasteiger partial charge in [-0.05, 0) is 26.0 Å². The number of ether oxygens (including phenoxy) is 1. The molecule has 12 nitrogen and oxygen atoms in total. The summed E-state index contributed by atoms with van der Waals surface area (Å²) in [6.45, 7) is 3.90. The minimum atomic E-state index is -5.30. The van der Waals surface area contributed by atoms with Crippen LogP contribution in [0.4, 0.5) is 0 Å². The van der Waals surface area contributed by atoms with Gasteiger partial charge in [-0.1, -0.05) is 0 Å². The minimum absolute atomic E-state index is 0. The summed E-state index contributed by atoms with van der Waals surface area (Å²) in [6, 6.07) is -0.409. The first kappa shape index (κ1) is 24.9. The Morgan fingerprint density at radius 3 is 2.48 bits per heavy atom. The molecule has 1 saturated heterocycles. The topological polar surface area (TPSA) is 168 Å². The number of esters is 1. The number of carbonyl (C=O) groups excluding carboxylic acids is 3. The van der Waals surface area contributed by atoms with Crippen LogP contribution in [0, 0.1) is 6.92 Å². The zero-order valence-corrected chi connectivity index (χ0v) is 19.9. The molecule has 160 valence electrons. The smallest absolute Gasteiger partial charge is 0.731 e. The molecule has 0 spiro atoms. The molecule has 1 N–H and O–H groups in total. The van der Waals surface area contributed by atoms with Crippen LogP contribution in [-0.4, -0.2) is 63.8 Å². The van der Waals surface area contributed by atoms with Gasteiger partial charge >= 0.3 is 35.5 Å². The van der Waals surface area contributed by atoms with Crippen molar-refractivity contribution in [2.24, 2.45) is 0 Å². The normalized spacial score (nSPS) is 18.2. The van der Waals surface area contributed by atoms with Crippen LogP contribution in [0.3, 0.4) is 0 Å². The fourth-order valence-electron chi connectivity index (χ4n) is 3.19. The number of β-lactam (4-membered cyclic amide) rings is 1. The van der Waals surface area contributed by atoms with Gasteiger partial charge in [-0.15, -0.1) is 0 Å². The van der Waals surface area contributed by atoms with Gasteiger partial charge < -0.3 is 19.2 Å². The second-order valence-corrected chi connectivity index (χ2v) is 7.74. The predicted octanol–water partition coefficient (Wildman–Crippen LogP) is -4.33. The zero-order chi connectivity index (χ0) is 22.4. The summed E-state index contributed by atoms with van der Waals surface area (Å²) in [5.41, 5.74) is 0.0419. The van der Waals surface area contributed by atoms with Gasteiger partial charge in [0.1, 0.15) is 17.3 Å². The molecule has 2 aromatic rings. The van der Waals surface area contributed by atoms with Crippen molar-refractivity contribution in [3.8, 4) is 0 Å². The number of nitrogens with zero attached hydrogens (tertiary/aromatic N) is 3. The van der Waals surface area contributed by atoms with Crippen LogP contribution in [0.15, 0.2) is 23.1 Å². The first-order valence-electron chi connectivity index (χ1n) is 8.69. The van der Waals surface area contributed by atoms with Gasteiger partial charge in [0.05, 0.1) is 12.5 Å². The summed E-state index contributed by atoms with van der Waals surface area (Å²) < 4.78 is 39.5. The first-order chi connectivity index (χ1) is 14.0. The van der Waals surface area contributed by atoms with E-state index in [0.29, 0.717) is 17.9 Å². The monoisotopic (exact) mass is 460 g/mol. The van der Waals surface area contributed by atoms with Gasteiger partial charge in [0.2, 0.25) is 5.43 Å². The maximum absolute atomic E-state index is 12.8. The summed E-state index contributed by atoms with van der Waals surface area (Å²) in [6.07, 6.45) is 1.25. The van der Waals surface area contributed by atoms with Crippen LogP contribution in [0.25, 0.3) is 11.0 Å². The number of hydrogen-bond acceptors (Lipinski definition) is 9. The van der Waals surface area contributed by atoms with E-state index < -0.39 is 45.6 Å². The Kier molecular flexibility index (Phi) is 7.28. The van der Waals surface area contributed by atoms with E-state index in [-0.39, 0.29) is 44.8 Å². The van der Waals surface area contributed by atoms with Gasteiger partial charge in [0.25, 0.3) is 11.8 Å². The third-order valence-corrected chi connectivity index (χ3v) is 5.56. The van der Waals surface area contributed by atoms with Gasteiger partial charge in [-0.2, -0.15) is 0 Å². The average molecular weight is 460 g/mol. The van der Waals surface area contributed by atoms with E-state index in [1.165, 1.54) is 12.3 Å². The molecule has 0 bridgehead atoms. The summed E-state index contributed by atoms with van der Waals surface area (Å²) in [4.78, 5) is 53.7. The van der Waals surface area contributed by atoms with E-state index in [4.69, 9.17) is 0 Å². The van der Waals surface area contributed by atoms with Crippen molar-refractivity contribution in [1.29, 1.82) is 0 Å². The molecule has 0 saturated carbocycles. The van der Waals surface area contributed by atoms with E-state index in [1.54, 1.807) is 24.5 Å². The molecule has 0 unspecified atom stereocenters. The number of methoxy groups -OCH3 is 1. The van der Waals surface area contributed by atoms with Gasteiger partial charge in [-0.25, -0.2) is 22.5 Å². The fourth-order valence-corrected chi connectivity index (χ4v) is 4.01. The number of amides is 2. The van der Waals surface area contributed by atoms with Crippen LogP contribution in [0.5, 0.6) is 0 Å². The van der Waals surface area contributed by atoms with Crippen LogP contribution in [-0.2, 0) is 31.2 Å². The Balaban J connectivity index is 0.00000341. The molecule has 31 heavy (non-hydrogen) atoms. The molecule has 3 rings (SSSR count). The fraction of sp³-hybridized carbons (Fsp3) is 0.353. The summed E-state index contributed by atoms with van der Waals surface area (Å²) in [7, 11) is -4.37. The van der Waals surface area contributed by atoms with E-state index in [2.05, 4.69) is 15.0 Å². The molecule has 1 aliphatic rings. The van der Waals surface area contributed by atoms with Gasteiger partial charge in [0.15, 0.2) is 16.3 Å². The van der Waals surface area contributed by atoms with Crippen molar-refractivity contribution in [3.05, 3.63) is 39.8 Å². The Hall–Kier alpha value is -2.32. The third-order valence-electron chi connectivity index (χ3n) is 4.67. The van der Waals surface area contributed by atoms with Crippen molar-refractivity contribution in [2.45, 2.75) is 32.5 Å². The summed E-state index contributed by atoms with van der Waals surface area (Å²) in [5.74, 6) is -3.52. The molecular formula is C17H17N4NaO8S. The van der Waals surface area contributed by atoms with Crippen molar-refractivity contribution in [3.63, 3.8) is 0 Å². The average Bonchev–Trinajstić information content (AvgIpc) is 2.68. The molecule has 2 amide bonds. The largest absolute Gasteiger partial charge is 1.00 e. The van der Waals surface area contributed by atoms with Gasteiger partial charge in [-0.3, -0.25) is 14.4 Å². The second kappa shape index (κ2) is 9.04. The van der Waals surface area contributed by atoms with Crippen molar-refractivity contribution in [2.75, 3.05) is 7.11 Å². The SMILES string of the molecule is CCn1cc(C(=O)N[C@@H]2C(=O)N(S(=O)(=O)[O-])[C@@H]2C(=O)OC)c(=O)c2ccc(C)nc21.[Na+]. The third kappa shape index (κ3) is 4.36. The Labute approximate surface area is 198 Å². The van der Waals surface area contributed by atoms with E-state index >= 15 is 0 Å². The van der Waals surface area contributed by atoms with E-state index in [0.717, 1.165) is 7.11 Å². The molecule has 0 radical (unpaired) electrons. The molecule has 3 heterocycles. The molecule has 2 atom stereocenters. The summed E-state index contributed by atoms with van der Waals surface area (Å²) in [5, 5.41) is 2.32. The van der Waals surface area contributed by atoms with Crippen LogP contribution in [0.2, 0.25) is 0 Å². The molecule has 0 aromatic carbocycles. The Bertz CT molecular complexity index is 1240. The summed E-state index contributed by atoms with van der Waals surface area (Å²) >= 11 is 0. The molecule has 1 fully saturated rings. The number of hydrogen-bond donors (Lipinski definition) is 1. The maximum Gasteiger partial charge on any atom is 1.00 e. The quantitative estimate of drug-likeness (QED) is 0.201. The number of aromatic nitrogens is 2. The molecule has 2 aromatic heterocycles. The van der Waals surface area contributed by atoms with Crippen molar-refractivity contribution in [1.82, 2.24) is 19.2 Å². The Morgan fingerprint density at radius 2 is 1.94 bits per heavy atom. The van der Waals surface area contributed by atoms with Crippen LogP contribution < -0.4 is 40.3 Å². The number of nitrogens with one attached hydrogen (secondary N) is 1. The number of carbonyl (C=O) groups is 3. The second-order valence-electron chi connectivity index (χ2n) is 6.49. The predicted molar refractivity (Wildman–Crippen MR) is 100 cm³/mol. The standard InChI is InChI=1S/C17H18N4O8S.Na/c1-4-20-7-10(13(22)9-6-5-8(2)18-14(9)20)15(23)19-11-12(17(25)29-3)21(16(11)24)30(26,27)28;/h5-7,11-12H,4H2,1-3H3,(H,19,23)(H,26,27,28);/q;+1/p-1/t11-,12-;/m0./s1. The maximum atomic E-state index is 12.8. The van der Waals surface area contributed by atoms with Crippen molar-refractivity contribution >= 4 is 39.1 Å². The number of aryl methyl sites for hydroxylation is 2. The number of fused-ring (bicyclic) bond motifs is 1. The van der Waals surface area contributed by atoms with Crippen molar-refractivity contribution < 1.29 is 61.6 Å². The van der Waals surface area contributed by atoms with Crippen LogP contribution in [0.1, 0.15) is 23.0 Å².